The number of nitrogens with zero attached hydrogens (tertiary/aromatic N) is 1. The lowest BCUT2D eigenvalue weighted by Crippen LogP contribution is -2.19. The topological polar surface area (TPSA) is 59.3 Å². The van der Waals surface area contributed by atoms with Gasteiger partial charge in [0.15, 0.2) is 5.78 Å². The molecule has 4 heteroatoms. The van der Waals surface area contributed by atoms with Crippen molar-refractivity contribution in [1.29, 1.82) is 0 Å². The van der Waals surface area contributed by atoms with E-state index in [1.165, 1.54) is 32.3 Å². The summed E-state index contributed by atoms with van der Waals surface area (Å²) >= 11 is 0. The van der Waals surface area contributed by atoms with Crippen LogP contribution < -0.4 is 0 Å². The monoisotopic (exact) mass is 247 g/mol. The smallest absolute Gasteiger partial charge is 0.352 e. The second-order valence-corrected chi connectivity index (χ2v) is 5.62. The van der Waals surface area contributed by atoms with Crippen molar-refractivity contribution in [3.63, 3.8) is 0 Å². The van der Waals surface area contributed by atoms with Crippen molar-refractivity contribution in [2.75, 3.05) is 0 Å². The maximum Gasteiger partial charge on any atom is 0.352 e. The van der Waals surface area contributed by atoms with Gasteiger partial charge in [-0.2, -0.15) is 0 Å². The van der Waals surface area contributed by atoms with E-state index in [9.17, 15) is 14.7 Å². The highest BCUT2D eigenvalue weighted by atomic mass is 16.4. The van der Waals surface area contributed by atoms with Crippen molar-refractivity contribution in [2.24, 2.45) is 11.8 Å². The molecule has 2 saturated carbocycles. The zero-order chi connectivity index (χ0) is 12.9. The number of ketones is 1. The Labute approximate surface area is 106 Å². The lowest BCUT2D eigenvalue weighted by Gasteiger charge is -2.24. The van der Waals surface area contributed by atoms with Gasteiger partial charge in [-0.1, -0.05) is 6.42 Å². The number of carbonyl (C=O) groups is 2. The summed E-state index contributed by atoms with van der Waals surface area (Å²) in [4.78, 5) is 22.7. The average molecular weight is 247 g/mol. The van der Waals surface area contributed by atoms with Gasteiger partial charge >= 0.3 is 5.97 Å². The van der Waals surface area contributed by atoms with Gasteiger partial charge in [0.25, 0.3) is 0 Å². The van der Waals surface area contributed by atoms with E-state index in [1.807, 2.05) is 4.57 Å². The zero-order valence-corrected chi connectivity index (χ0v) is 10.4. The first-order valence-electron chi connectivity index (χ1n) is 6.52. The van der Waals surface area contributed by atoms with Crippen LogP contribution in [0.5, 0.6) is 0 Å². The first-order chi connectivity index (χ1) is 8.56. The molecule has 0 saturated heterocycles. The summed E-state index contributed by atoms with van der Waals surface area (Å²) in [6.45, 7) is 1.48. The molecule has 4 nitrogen and oxygen atoms in total. The summed E-state index contributed by atoms with van der Waals surface area (Å²) in [6.07, 6.45) is 6.50. The SMILES string of the molecule is CC(=O)c1cc(C(=O)O)n(C2CC3CCC2C3)c1. The molecule has 0 aromatic carbocycles. The largest absolute Gasteiger partial charge is 0.477 e. The molecule has 0 amide bonds. The summed E-state index contributed by atoms with van der Waals surface area (Å²) < 4.78 is 1.84. The first-order valence-corrected chi connectivity index (χ1v) is 6.52. The van der Waals surface area contributed by atoms with E-state index in [4.69, 9.17) is 0 Å². The fraction of sp³-hybridized carbons (Fsp3) is 0.571. The Bertz CT molecular complexity index is 517. The Morgan fingerprint density at radius 1 is 1.33 bits per heavy atom. The lowest BCUT2D eigenvalue weighted by atomic mass is 9.95. The van der Waals surface area contributed by atoms with Crippen LogP contribution >= 0.6 is 0 Å². The molecular formula is C14H17NO3. The first kappa shape index (κ1) is 11.5. The number of fused-ring (bicyclic) bond motifs is 2. The molecule has 3 atom stereocenters. The highest BCUT2D eigenvalue weighted by Gasteiger charge is 2.41. The van der Waals surface area contributed by atoms with Gasteiger partial charge in [0.05, 0.1) is 0 Å². The molecule has 1 aromatic heterocycles. The van der Waals surface area contributed by atoms with Crippen LogP contribution in [0.25, 0.3) is 0 Å². The third-order valence-electron chi connectivity index (χ3n) is 4.53. The summed E-state index contributed by atoms with van der Waals surface area (Å²) in [7, 11) is 0. The normalized spacial score (nSPS) is 29.7. The second kappa shape index (κ2) is 3.97. The van der Waals surface area contributed by atoms with Crippen molar-refractivity contribution in [3.8, 4) is 0 Å². The number of Topliss-reactive ketones (excluding diaryl/α,β-unsaturated/α-hetero) is 1. The Hall–Kier alpha value is -1.58. The number of hydrogen-bond donors (Lipinski definition) is 1. The molecule has 3 rings (SSSR count). The fourth-order valence-electron chi connectivity index (χ4n) is 3.67. The van der Waals surface area contributed by atoms with E-state index in [0.29, 0.717) is 11.5 Å². The van der Waals surface area contributed by atoms with Crippen molar-refractivity contribution in [3.05, 3.63) is 23.5 Å². The molecule has 96 valence electrons. The average Bonchev–Trinajstić information content (AvgIpc) is 3.02. The molecule has 2 bridgehead atoms. The molecule has 2 aliphatic carbocycles. The van der Waals surface area contributed by atoms with Crippen LogP contribution in [0.2, 0.25) is 0 Å². The van der Waals surface area contributed by atoms with Gasteiger partial charge < -0.3 is 9.67 Å². The second-order valence-electron chi connectivity index (χ2n) is 5.62. The molecule has 2 fully saturated rings. The van der Waals surface area contributed by atoms with Crippen LogP contribution in [0, 0.1) is 11.8 Å². The highest BCUT2D eigenvalue weighted by molar-refractivity contribution is 5.97. The Balaban J connectivity index is 2.00. The fourth-order valence-corrected chi connectivity index (χ4v) is 3.67. The summed E-state index contributed by atoms with van der Waals surface area (Å²) in [5.41, 5.74) is 0.771. The Morgan fingerprint density at radius 3 is 2.61 bits per heavy atom. The van der Waals surface area contributed by atoms with E-state index >= 15 is 0 Å². The third kappa shape index (κ3) is 1.67. The molecule has 2 aliphatic rings. The molecule has 1 aromatic rings. The van der Waals surface area contributed by atoms with E-state index in [-0.39, 0.29) is 17.5 Å². The minimum Gasteiger partial charge on any atom is -0.477 e. The molecule has 0 aliphatic heterocycles. The maximum absolute atomic E-state index is 11.4. The van der Waals surface area contributed by atoms with E-state index in [1.54, 1.807) is 6.20 Å². The van der Waals surface area contributed by atoms with Gasteiger partial charge in [0.1, 0.15) is 5.69 Å². The van der Waals surface area contributed by atoms with Crippen LogP contribution in [0.4, 0.5) is 0 Å². The summed E-state index contributed by atoms with van der Waals surface area (Å²) in [6, 6.07) is 1.79. The van der Waals surface area contributed by atoms with E-state index in [0.717, 1.165) is 12.3 Å². The number of carboxylic acid groups (broad SMARTS) is 1. The quantitative estimate of drug-likeness (QED) is 0.835. The van der Waals surface area contributed by atoms with Crippen LogP contribution in [0.3, 0.4) is 0 Å². The number of rotatable bonds is 3. The van der Waals surface area contributed by atoms with Crippen molar-refractivity contribution in [1.82, 2.24) is 4.57 Å². The molecule has 0 spiro atoms. The van der Waals surface area contributed by atoms with E-state index in [2.05, 4.69) is 0 Å². The standard InChI is InChI=1S/C14H17NO3/c1-8(16)11-6-13(14(17)18)15(7-11)12-5-9-2-3-10(12)4-9/h6-7,9-10,12H,2-5H2,1H3,(H,17,18). The molecule has 1 N–H and O–H groups in total. The van der Waals surface area contributed by atoms with Crippen molar-refractivity contribution >= 4 is 11.8 Å². The predicted molar refractivity (Wildman–Crippen MR) is 65.9 cm³/mol. The van der Waals surface area contributed by atoms with Gasteiger partial charge in [-0.15, -0.1) is 0 Å². The Kier molecular flexibility index (Phi) is 2.54. The summed E-state index contributed by atoms with van der Waals surface area (Å²) in [5, 5.41) is 9.26. The van der Waals surface area contributed by atoms with Gasteiger partial charge in [-0.05, 0) is 44.1 Å². The molecule has 18 heavy (non-hydrogen) atoms. The Morgan fingerprint density at radius 2 is 2.11 bits per heavy atom. The maximum atomic E-state index is 11.4. The third-order valence-corrected chi connectivity index (χ3v) is 4.53. The van der Waals surface area contributed by atoms with Crippen molar-refractivity contribution in [2.45, 2.75) is 38.6 Å². The van der Waals surface area contributed by atoms with Crippen molar-refractivity contribution < 1.29 is 14.7 Å². The van der Waals surface area contributed by atoms with Crippen LogP contribution in [-0.4, -0.2) is 21.4 Å². The van der Waals surface area contributed by atoms with Gasteiger partial charge in [0.2, 0.25) is 0 Å². The zero-order valence-electron chi connectivity index (χ0n) is 10.4. The van der Waals surface area contributed by atoms with E-state index < -0.39 is 5.97 Å². The van der Waals surface area contributed by atoms with Gasteiger partial charge in [0, 0.05) is 17.8 Å². The highest BCUT2D eigenvalue weighted by Crippen LogP contribution is 2.51. The number of aromatic nitrogens is 1. The molecule has 0 radical (unpaired) electrons. The van der Waals surface area contributed by atoms with Gasteiger partial charge in [-0.25, -0.2) is 4.79 Å². The summed E-state index contributed by atoms with van der Waals surface area (Å²) in [5.74, 6) is 0.342. The van der Waals surface area contributed by atoms with Gasteiger partial charge in [-0.3, -0.25) is 4.79 Å². The lowest BCUT2D eigenvalue weighted by molar-refractivity contribution is 0.0680. The predicted octanol–water partition coefficient (Wildman–Crippen LogP) is 2.75. The van der Waals surface area contributed by atoms with Crippen LogP contribution in [0.15, 0.2) is 12.3 Å². The van der Waals surface area contributed by atoms with Crippen LogP contribution in [0.1, 0.15) is 59.5 Å². The molecular weight excluding hydrogens is 230 g/mol. The number of aromatic carboxylic acids is 1. The number of carbonyl (C=O) groups excluding carboxylic acids is 1. The number of carboxylic acids is 1. The minimum atomic E-state index is -0.940. The number of hydrogen-bond acceptors (Lipinski definition) is 2. The molecule has 1 heterocycles. The molecule has 3 unspecified atom stereocenters. The minimum absolute atomic E-state index is 0.0700. The van der Waals surface area contributed by atoms with Crippen LogP contribution in [-0.2, 0) is 0 Å².